The van der Waals surface area contributed by atoms with E-state index in [1.54, 1.807) is 7.05 Å². The Bertz CT molecular complexity index is 467. The number of halogens is 2. The van der Waals surface area contributed by atoms with E-state index >= 15 is 0 Å². The van der Waals surface area contributed by atoms with Crippen LogP contribution in [-0.2, 0) is 11.3 Å². The van der Waals surface area contributed by atoms with Crippen LogP contribution in [-0.4, -0.2) is 25.6 Å². The number of rotatable bonds is 7. The van der Waals surface area contributed by atoms with Crippen LogP contribution < -0.4 is 15.4 Å². The predicted molar refractivity (Wildman–Crippen MR) is 70.4 cm³/mol. The van der Waals surface area contributed by atoms with Gasteiger partial charge in [-0.15, -0.1) is 0 Å². The molecule has 0 unspecified atom stereocenters. The lowest BCUT2D eigenvalue weighted by Gasteiger charge is -2.10. The highest BCUT2D eigenvalue weighted by molar-refractivity contribution is 5.76. The fourth-order valence-corrected chi connectivity index (χ4v) is 1.83. The SMILES string of the molecule is CNCc1cc(F)c(OCCC(=O)NC2CC2)c(F)c1. The van der Waals surface area contributed by atoms with E-state index in [1.807, 2.05) is 0 Å². The van der Waals surface area contributed by atoms with Gasteiger partial charge in [-0.2, -0.15) is 0 Å². The van der Waals surface area contributed by atoms with Crippen molar-refractivity contribution < 1.29 is 18.3 Å². The Morgan fingerprint density at radius 2 is 2.00 bits per heavy atom. The van der Waals surface area contributed by atoms with Crippen molar-refractivity contribution in [2.75, 3.05) is 13.7 Å². The number of hydrogen-bond acceptors (Lipinski definition) is 3. The molecule has 1 aromatic carbocycles. The van der Waals surface area contributed by atoms with Crippen LogP contribution in [0.25, 0.3) is 0 Å². The normalized spacial score (nSPS) is 14.2. The maximum atomic E-state index is 13.7. The number of amides is 1. The molecule has 0 aromatic heterocycles. The van der Waals surface area contributed by atoms with Crippen molar-refractivity contribution in [3.05, 3.63) is 29.3 Å². The summed E-state index contributed by atoms with van der Waals surface area (Å²) in [6, 6.07) is 2.72. The van der Waals surface area contributed by atoms with Crippen molar-refractivity contribution >= 4 is 5.91 Å². The Morgan fingerprint density at radius 3 is 2.55 bits per heavy atom. The van der Waals surface area contributed by atoms with Crippen LogP contribution in [0.1, 0.15) is 24.8 Å². The van der Waals surface area contributed by atoms with Gasteiger partial charge in [0.05, 0.1) is 13.0 Å². The highest BCUT2D eigenvalue weighted by Crippen LogP contribution is 2.23. The Labute approximate surface area is 116 Å². The lowest BCUT2D eigenvalue weighted by molar-refractivity contribution is -0.121. The lowest BCUT2D eigenvalue weighted by atomic mass is 10.2. The van der Waals surface area contributed by atoms with Gasteiger partial charge in [0.25, 0.3) is 0 Å². The van der Waals surface area contributed by atoms with Gasteiger partial charge in [0.15, 0.2) is 17.4 Å². The molecule has 4 nitrogen and oxygen atoms in total. The molecule has 1 amide bonds. The number of benzene rings is 1. The van der Waals surface area contributed by atoms with Gasteiger partial charge in [0, 0.05) is 12.6 Å². The van der Waals surface area contributed by atoms with Crippen molar-refractivity contribution in [1.29, 1.82) is 0 Å². The van der Waals surface area contributed by atoms with Crippen LogP contribution in [0.5, 0.6) is 5.75 Å². The van der Waals surface area contributed by atoms with Crippen LogP contribution in [0.3, 0.4) is 0 Å². The summed E-state index contributed by atoms with van der Waals surface area (Å²) in [5.74, 6) is -2.08. The van der Waals surface area contributed by atoms with Crippen LogP contribution in [0.4, 0.5) is 8.78 Å². The molecule has 2 N–H and O–H groups in total. The third kappa shape index (κ3) is 4.16. The minimum atomic E-state index is -0.752. The third-order valence-electron chi connectivity index (χ3n) is 2.96. The third-order valence-corrected chi connectivity index (χ3v) is 2.96. The molecule has 6 heteroatoms. The minimum absolute atomic E-state index is 0.0439. The first-order valence-corrected chi connectivity index (χ1v) is 6.65. The summed E-state index contributed by atoms with van der Waals surface area (Å²) in [5.41, 5.74) is 0.501. The zero-order valence-corrected chi connectivity index (χ0v) is 11.3. The molecule has 0 aliphatic heterocycles. The standard InChI is InChI=1S/C14H18F2N2O2/c1-17-8-9-6-11(15)14(12(16)7-9)20-5-4-13(19)18-10-2-3-10/h6-7,10,17H,2-5,8H2,1H3,(H,18,19). The summed E-state index contributed by atoms with van der Waals surface area (Å²) in [5, 5.41) is 5.59. The second-order valence-corrected chi connectivity index (χ2v) is 4.86. The number of nitrogens with one attached hydrogen (secondary N) is 2. The molecule has 0 saturated heterocycles. The molecule has 1 fully saturated rings. The second-order valence-electron chi connectivity index (χ2n) is 4.86. The quantitative estimate of drug-likeness (QED) is 0.802. The summed E-state index contributed by atoms with van der Waals surface area (Å²) in [6.07, 6.45) is 2.10. The van der Waals surface area contributed by atoms with E-state index in [0.717, 1.165) is 12.8 Å². The van der Waals surface area contributed by atoms with Crippen molar-refractivity contribution in [1.82, 2.24) is 10.6 Å². The summed E-state index contributed by atoms with van der Waals surface area (Å²) < 4.78 is 32.4. The van der Waals surface area contributed by atoms with Crippen LogP contribution in [0.15, 0.2) is 12.1 Å². The van der Waals surface area contributed by atoms with E-state index in [0.29, 0.717) is 12.1 Å². The topological polar surface area (TPSA) is 50.4 Å². The van der Waals surface area contributed by atoms with E-state index in [4.69, 9.17) is 4.74 Å². The molecule has 2 rings (SSSR count). The lowest BCUT2D eigenvalue weighted by Crippen LogP contribution is -2.26. The van der Waals surface area contributed by atoms with Crippen molar-refractivity contribution in [2.24, 2.45) is 0 Å². The molecule has 1 saturated carbocycles. The maximum Gasteiger partial charge on any atom is 0.223 e. The largest absolute Gasteiger partial charge is 0.487 e. The number of carbonyl (C=O) groups excluding carboxylic acids is 1. The summed E-state index contributed by atoms with van der Waals surface area (Å²) in [4.78, 5) is 11.4. The maximum absolute atomic E-state index is 13.7. The Balaban J connectivity index is 1.86. The van der Waals surface area contributed by atoms with E-state index < -0.39 is 17.4 Å². The van der Waals surface area contributed by atoms with Gasteiger partial charge in [-0.1, -0.05) is 0 Å². The van der Waals surface area contributed by atoms with Gasteiger partial charge in [0.1, 0.15) is 0 Å². The van der Waals surface area contributed by atoms with Crippen LogP contribution in [0, 0.1) is 11.6 Å². The molecule has 0 heterocycles. The van der Waals surface area contributed by atoms with E-state index in [-0.39, 0.29) is 25.0 Å². The fraction of sp³-hybridized carbons (Fsp3) is 0.500. The van der Waals surface area contributed by atoms with E-state index in [9.17, 15) is 13.6 Å². The highest BCUT2D eigenvalue weighted by atomic mass is 19.1. The molecule has 1 aliphatic carbocycles. The number of carbonyl (C=O) groups is 1. The number of ether oxygens (including phenoxy) is 1. The van der Waals surface area contributed by atoms with Crippen molar-refractivity contribution in [3.63, 3.8) is 0 Å². The molecular formula is C14H18F2N2O2. The first-order chi connectivity index (χ1) is 9.60. The van der Waals surface area contributed by atoms with Gasteiger partial charge in [0.2, 0.25) is 5.91 Å². The average molecular weight is 284 g/mol. The van der Waals surface area contributed by atoms with Crippen molar-refractivity contribution in [2.45, 2.75) is 31.8 Å². The molecule has 0 radical (unpaired) electrons. The van der Waals surface area contributed by atoms with Crippen LogP contribution in [0.2, 0.25) is 0 Å². The minimum Gasteiger partial charge on any atom is -0.487 e. The molecular weight excluding hydrogens is 266 g/mol. The Kier molecular flexibility index (Phi) is 4.89. The molecule has 0 spiro atoms. The summed E-state index contributed by atoms with van der Waals surface area (Å²) in [7, 11) is 1.69. The highest BCUT2D eigenvalue weighted by Gasteiger charge is 2.23. The van der Waals surface area contributed by atoms with Gasteiger partial charge >= 0.3 is 0 Å². The van der Waals surface area contributed by atoms with E-state index in [2.05, 4.69) is 10.6 Å². The molecule has 0 atom stereocenters. The second kappa shape index (κ2) is 6.65. The molecule has 110 valence electrons. The molecule has 0 bridgehead atoms. The Hall–Kier alpha value is -1.69. The predicted octanol–water partition coefficient (Wildman–Crippen LogP) is 1.73. The van der Waals surface area contributed by atoms with Crippen LogP contribution >= 0.6 is 0 Å². The Morgan fingerprint density at radius 1 is 1.35 bits per heavy atom. The fourth-order valence-electron chi connectivity index (χ4n) is 1.83. The van der Waals surface area contributed by atoms with E-state index in [1.165, 1.54) is 12.1 Å². The zero-order valence-electron chi connectivity index (χ0n) is 11.3. The van der Waals surface area contributed by atoms with Gasteiger partial charge in [-0.25, -0.2) is 8.78 Å². The molecule has 20 heavy (non-hydrogen) atoms. The zero-order chi connectivity index (χ0) is 14.5. The van der Waals surface area contributed by atoms with Gasteiger partial charge < -0.3 is 15.4 Å². The first-order valence-electron chi connectivity index (χ1n) is 6.65. The summed E-state index contributed by atoms with van der Waals surface area (Å²) in [6.45, 7) is 0.329. The molecule has 1 aromatic rings. The molecule has 1 aliphatic rings. The smallest absolute Gasteiger partial charge is 0.223 e. The number of hydrogen-bond donors (Lipinski definition) is 2. The monoisotopic (exact) mass is 284 g/mol. The van der Waals surface area contributed by atoms with Gasteiger partial charge in [-0.05, 0) is 37.6 Å². The van der Waals surface area contributed by atoms with Gasteiger partial charge in [-0.3, -0.25) is 4.79 Å². The summed E-state index contributed by atoms with van der Waals surface area (Å²) >= 11 is 0. The van der Waals surface area contributed by atoms with Crippen molar-refractivity contribution in [3.8, 4) is 5.75 Å². The average Bonchev–Trinajstić information content (AvgIpc) is 3.17. The first kappa shape index (κ1) is 14.7.